The van der Waals surface area contributed by atoms with E-state index in [1.54, 1.807) is 23.1 Å². The van der Waals surface area contributed by atoms with Crippen molar-refractivity contribution in [3.63, 3.8) is 0 Å². The highest BCUT2D eigenvalue weighted by Crippen LogP contribution is 2.36. The Bertz CT molecular complexity index is 836. The van der Waals surface area contributed by atoms with Crippen LogP contribution in [-0.4, -0.2) is 47.7 Å². The molecule has 138 valence electrons. The van der Waals surface area contributed by atoms with Crippen LogP contribution in [0.15, 0.2) is 36.4 Å². The van der Waals surface area contributed by atoms with Crippen molar-refractivity contribution in [3.8, 4) is 0 Å². The number of rotatable bonds is 2. The average Bonchev–Trinajstić information content (AvgIpc) is 2.59. The van der Waals surface area contributed by atoms with Crippen molar-refractivity contribution >= 4 is 28.2 Å². The zero-order valence-electron chi connectivity index (χ0n) is 15.3. The molecule has 0 radical (unpaired) electrons. The number of piperazine rings is 1. The quantitative estimate of drug-likeness (QED) is 0.603. The maximum atomic E-state index is 12.2. The zero-order valence-corrected chi connectivity index (χ0v) is 15.3. The lowest BCUT2D eigenvalue weighted by molar-refractivity contribution is -0.382. The molecule has 1 aliphatic rings. The number of carbonyl (C=O) groups excluding carboxylic acids is 1. The van der Waals surface area contributed by atoms with Gasteiger partial charge in [0.2, 0.25) is 0 Å². The van der Waals surface area contributed by atoms with Gasteiger partial charge in [0.15, 0.2) is 0 Å². The molecule has 0 saturated carbocycles. The number of fused-ring (bicyclic) bond motifs is 1. The second-order valence-corrected chi connectivity index (χ2v) is 7.37. The molecule has 0 atom stereocenters. The fraction of sp³-hybridized carbons (Fsp3) is 0.421. The highest BCUT2D eigenvalue weighted by atomic mass is 16.6. The SMILES string of the molecule is CC(C)(C)OC(=O)N1CCN(c2ccc3ccccc3c2[N+](=O)[O-])CC1. The lowest BCUT2D eigenvalue weighted by atomic mass is 10.1. The predicted octanol–water partition coefficient (Wildman–Crippen LogP) is 3.81. The van der Waals surface area contributed by atoms with E-state index in [0.29, 0.717) is 37.3 Å². The molecule has 7 heteroatoms. The third-order valence-corrected chi connectivity index (χ3v) is 4.33. The number of nitro groups is 1. The van der Waals surface area contributed by atoms with Crippen LogP contribution in [0.5, 0.6) is 0 Å². The van der Waals surface area contributed by atoms with E-state index in [1.807, 2.05) is 43.9 Å². The van der Waals surface area contributed by atoms with Crippen molar-refractivity contribution in [2.75, 3.05) is 31.1 Å². The Hall–Kier alpha value is -2.83. The predicted molar refractivity (Wildman–Crippen MR) is 101 cm³/mol. The third-order valence-electron chi connectivity index (χ3n) is 4.33. The number of hydrogen-bond acceptors (Lipinski definition) is 5. The van der Waals surface area contributed by atoms with Crippen LogP contribution in [0.4, 0.5) is 16.2 Å². The Labute approximate surface area is 152 Å². The Morgan fingerprint density at radius 3 is 2.35 bits per heavy atom. The number of amides is 1. The van der Waals surface area contributed by atoms with Gasteiger partial charge in [0, 0.05) is 26.2 Å². The highest BCUT2D eigenvalue weighted by Gasteiger charge is 2.29. The minimum atomic E-state index is -0.536. The minimum Gasteiger partial charge on any atom is -0.444 e. The molecular formula is C19H23N3O4. The maximum absolute atomic E-state index is 12.2. The molecule has 0 aliphatic carbocycles. The van der Waals surface area contributed by atoms with Crippen molar-refractivity contribution in [3.05, 3.63) is 46.5 Å². The van der Waals surface area contributed by atoms with Crippen LogP contribution in [0.1, 0.15) is 20.8 Å². The van der Waals surface area contributed by atoms with Gasteiger partial charge in [-0.05, 0) is 38.3 Å². The van der Waals surface area contributed by atoms with E-state index in [9.17, 15) is 14.9 Å². The molecule has 0 bridgehead atoms. The van der Waals surface area contributed by atoms with Crippen molar-refractivity contribution in [1.29, 1.82) is 0 Å². The molecule has 1 amide bonds. The van der Waals surface area contributed by atoms with Crippen LogP contribution >= 0.6 is 0 Å². The van der Waals surface area contributed by atoms with Crippen molar-refractivity contribution in [2.24, 2.45) is 0 Å². The maximum Gasteiger partial charge on any atom is 0.410 e. The monoisotopic (exact) mass is 357 g/mol. The molecule has 1 fully saturated rings. The molecule has 3 rings (SSSR count). The number of nitro benzene ring substituents is 1. The normalized spacial score (nSPS) is 15.2. The molecule has 0 N–H and O–H groups in total. The number of anilines is 1. The number of nitrogens with zero attached hydrogens (tertiary/aromatic N) is 3. The summed E-state index contributed by atoms with van der Waals surface area (Å²) in [5.41, 5.74) is 0.178. The van der Waals surface area contributed by atoms with E-state index in [0.717, 1.165) is 5.39 Å². The fourth-order valence-electron chi connectivity index (χ4n) is 3.15. The van der Waals surface area contributed by atoms with E-state index < -0.39 is 5.60 Å². The van der Waals surface area contributed by atoms with Gasteiger partial charge >= 0.3 is 6.09 Å². The summed E-state index contributed by atoms with van der Waals surface area (Å²) in [7, 11) is 0. The van der Waals surface area contributed by atoms with Crippen LogP contribution in [-0.2, 0) is 4.74 Å². The van der Waals surface area contributed by atoms with Gasteiger partial charge in [-0.1, -0.05) is 24.3 Å². The largest absolute Gasteiger partial charge is 0.444 e. The van der Waals surface area contributed by atoms with Crippen LogP contribution in [0.2, 0.25) is 0 Å². The summed E-state index contributed by atoms with van der Waals surface area (Å²) < 4.78 is 5.40. The van der Waals surface area contributed by atoms with Gasteiger partial charge in [-0.2, -0.15) is 0 Å². The van der Waals surface area contributed by atoms with E-state index in [1.165, 1.54) is 0 Å². The number of hydrogen-bond donors (Lipinski definition) is 0. The summed E-state index contributed by atoms with van der Waals surface area (Å²) in [5, 5.41) is 13.2. The van der Waals surface area contributed by atoms with Crippen molar-refractivity contribution in [1.82, 2.24) is 4.90 Å². The molecule has 26 heavy (non-hydrogen) atoms. The molecule has 1 aliphatic heterocycles. The summed E-state index contributed by atoms with van der Waals surface area (Å²) in [6.07, 6.45) is -0.342. The molecule has 0 unspecified atom stereocenters. The molecule has 7 nitrogen and oxygen atoms in total. The Morgan fingerprint density at radius 2 is 1.73 bits per heavy atom. The average molecular weight is 357 g/mol. The molecule has 0 spiro atoms. The van der Waals surface area contributed by atoms with Gasteiger partial charge in [0.25, 0.3) is 5.69 Å². The van der Waals surface area contributed by atoms with Crippen LogP contribution in [0.3, 0.4) is 0 Å². The summed E-state index contributed by atoms with van der Waals surface area (Å²) >= 11 is 0. The van der Waals surface area contributed by atoms with E-state index >= 15 is 0 Å². The topological polar surface area (TPSA) is 75.9 Å². The van der Waals surface area contributed by atoms with Gasteiger partial charge in [-0.25, -0.2) is 4.79 Å². The standard InChI is InChI=1S/C19H23N3O4/c1-19(2,3)26-18(23)21-12-10-20(11-13-21)16-9-8-14-6-4-5-7-15(14)17(16)22(24)25/h4-9H,10-13H2,1-3H3. The first-order chi connectivity index (χ1) is 12.3. The first kappa shape index (κ1) is 18.0. The summed E-state index contributed by atoms with van der Waals surface area (Å²) in [6, 6.07) is 11.0. The first-order valence-corrected chi connectivity index (χ1v) is 8.65. The van der Waals surface area contributed by atoms with Gasteiger partial charge in [0.1, 0.15) is 11.3 Å². The van der Waals surface area contributed by atoms with Gasteiger partial charge in [0.05, 0.1) is 10.3 Å². The minimum absolute atomic E-state index is 0.119. The number of carbonyl (C=O) groups is 1. The Kier molecular flexibility index (Phi) is 4.71. The zero-order chi connectivity index (χ0) is 18.9. The summed E-state index contributed by atoms with van der Waals surface area (Å²) in [4.78, 5) is 27.2. The van der Waals surface area contributed by atoms with E-state index in [-0.39, 0.29) is 16.7 Å². The summed E-state index contributed by atoms with van der Waals surface area (Å²) in [5.74, 6) is 0. The van der Waals surface area contributed by atoms with Gasteiger partial charge < -0.3 is 14.5 Å². The fourth-order valence-corrected chi connectivity index (χ4v) is 3.15. The summed E-state index contributed by atoms with van der Waals surface area (Å²) in [6.45, 7) is 7.49. The van der Waals surface area contributed by atoms with E-state index in [4.69, 9.17) is 4.74 Å². The first-order valence-electron chi connectivity index (χ1n) is 8.65. The molecule has 1 saturated heterocycles. The highest BCUT2D eigenvalue weighted by molar-refractivity contribution is 5.96. The van der Waals surface area contributed by atoms with Gasteiger partial charge in [-0.15, -0.1) is 0 Å². The Morgan fingerprint density at radius 1 is 1.08 bits per heavy atom. The van der Waals surface area contributed by atoms with Gasteiger partial charge in [-0.3, -0.25) is 10.1 Å². The van der Waals surface area contributed by atoms with Crippen LogP contribution in [0.25, 0.3) is 10.8 Å². The number of benzene rings is 2. The van der Waals surface area contributed by atoms with E-state index in [2.05, 4.69) is 0 Å². The van der Waals surface area contributed by atoms with Crippen LogP contribution in [0, 0.1) is 10.1 Å². The second-order valence-electron chi connectivity index (χ2n) is 7.37. The Balaban J connectivity index is 1.81. The lowest BCUT2D eigenvalue weighted by Crippen LogP contribution is -2.50. The van der Waals surface area contributed by atoms with Crippen molar-refractivity contribution in [2.45, 2.75) is 26.4 Å². The molecule has 2 aromatic rings. The smallest absolute Gasteiger partial charge is 0.410 e. The molecular weight excluding hydrogens is 334 g/mol. The number of ether oxygens (including phenoxy) is 1. The third kappa shape index (κ3) is 3.71. The lowest BCUT2D eigenvalue weighted by Gasteiger charge is -2.36. The molecule has 2 aromatic carbocycles. The molecule has 1 heterocycles. The van der Waals surface area contributed by atoms with Crippen molar-refractivity contribution < 1.29 is 14.5 Å². The molecule has 0 aromatic heterocycles. The second kappa shape index (κ2) is 6.82. The van der Waals surface area contributed by atoms with Crippen LogP contribution < -0.4 is 4.90 Å².